The first-order valence-corrected chi connectivity index (χ1v) is 7.07. The Morgan fingerprint density at radius 3 is 2.71 bits per heavy atom. The number of rotatable bonds is 2. The van der Waals surface area contributed by atoms with Gasteiger partial charge in [-0.1, -0.05) is 0 Å². The maximum atomic E-state index is 11.5. The Hall–Kier alpha value is -1.03. The Kier molecular flexibility index (Phi) is 5.68. The number of carbonyl (C=O) groups is 2. The van der Waals surface area contributed by atoms with Crippen molar-refractivity contribution in [1.82, 2.24) is 20.6 Å². The number of carbonyl (C=O) groups excluding carboxylic acids is 2. The van der Waals surface area contributed by atoms with E-state index in [1.807, 2.05) is 0 Å². The van der Waals surface area contributed by atoms with Gasteiger partial charge in [-0.2, -0.15) is 0 Å². The molecule has 0 aromatic carbocycles. The standard InChI is InChI=1S/C12H13N5O2S.Po.2H/c18-10-9(20-12(19)16-10)7-8-1-2-14-11(15-8)17-5-3-13-4-6-17;;;/h1-2,7,13H,3-6H2,(H,16,18,19);;;/b9-7+;;;. The Morgan fingerprint density at radius 1 is 1.29 bits per heavy atom. The predicted molar refractivity (Wildman–Crippen MR) is 84.8 cm³/mol. The van der Waals surface area contributed by atoms with Gasteiger partial charge in [-0.15, -0.1) is 0 Å². The molecule has 112 valence electrons. The molecule has 2 saturated heterocycles. The van der Waals surface area contributed by atoms with E-state index in [2.05, 4.69) is 25.5 Å². The van der Waals surface area contributed by atoms with Crippen LogP contribution in [0.2, 0.25) is 0 Å². The van der Waals surface area contributed by atoms with Crippen molar-refractivity contribution in [2.75, 3.05) is 31.1 Å². The number of nitrogens with one attached hydrogen (secondary N) is 2. The Bertz CT molecular complexity index is 589. The molecule has 0 bridgehead atoms. The van der Waals surface area contributed by atoms with Crippen LogP contribution in [0.15, 0.2) is 17.2 Å². The fourth-order valence-electron chi connectivity index (χ4n) is 2.01. The average molecular weight is 502 g/mol. The molecule has 2 fully saturated rings. The van der Waals surface area contributed by atoms with Crippen molar-refractivity contribution >= 4 is 61.5 Å². The zero-order chi connectivity index (χ0) is 13.9. The van der Waals surface area contributed by atoms with Gasteiger partial charge in [-0.25, -0.2) is 9.97 Å². The monoisotopic (exact) mass is 502 g/mol. The van der Waals surface area contributed by atoms with Crippen LogP contribution >= 0.6 is 11.8 Å². The van der Waals surface area contributed by atoms with Crippen LogP contribution < -0.4 is 15.5 Å². The fraction of sp³-hybridized carbons (Fsp3) is 0.333. The van der Waals surface area contributed by atoms with Gasteiger partial charge in [-0.3, -0.25) is 14.9 Å². The molecular formula is C12H15N5O2PoS. The number of aromatic nitrogens is 2. The summed E-state index contributed by atoms with van der Waals surface area (Å²) in [6.07, 6.45) is 3.27. The van der Waals surface area contributed by atoms with Crippen LogP contribution in [0, 0.1) is 0 Å². The average Bonchev–Trinajstić information content (AvgIpc) is 2.78. The fourth-order valence-corrected chi connectivity index (χ4v) is 2.68. The summed E-state index contributed by atoms with van der Waals surface area (Å²) in [5.41, 5.74) is 0.626. The summed E-state index contributed by atoms with van der Waals surface area (Å²) in [7, 11) is 0. The van der Waals surface area contributed by atoms with E-state index in [0.717, 1.165) is 37.9 Å². The summed E-state index contributed by atoms with van der Waals surface area (Å²) >= 11 is 0.887. The molecule has 0 aliphatic carbocycles. The van der Waals surface area contributed by atoms with E-state index >= 15 is 0 Å². The van der Waals surface area contributed by atoms with E-state index in [1.54, 1.807) is 18.3 Å². The Morgan fingerprint density at radius 2 is 2.05 bits per heavy atom. The van der Waals surface area contributed by atoms with Crippen molar-refractivity contribution in [3.63, 3.8) is 0 Å². The third-order valence-corrected chi connectivity index (χ3v) is 3.80. The second-order valence-corrected chi connectivity index (χ2v) is 5.39. The van der Waals surface area contributed by atoms with E-state index < -0.39 is 0 Å². The molecular weight excluding hydrogens is 487 g/mol. The minimum atomic E-state index is -0.373. The van der Waals surface area contributed by atoms with Crippen molar-refractivity contribution in [2.45, 2.75) is 0 Å². The van der Waals surface area contributed by atoms with Crippen molar-refractivity contribution in [1.29, 1.82) is 0 Å². The molecule has 0 atom stereocenters. The molecule has 0 spiro atoms. The van der Waals surface area contributed by atoms with Gasteiger partial charge < -0.3 is 10.2 Å². The number of imide groups is 1. The summed E-state index contributed by atoms with van der Waals surface area (Å²) in [6, 6.07) is 1.72. The zero-order valence-electron chi connectivity index (χ0n) is 11.1. The number of amides is 2. The van der Waals surface area contributed by atoms with Crippen molar-refractivity contribution in [3.05, 3.63) is 22.9 Å². The van der Waals surface area contributed by atoms with Crippen LogP contribution in [0.4, 0.5) is 10.7 Å². The Balaban J connectivity index is 0.00000161. The SMILES string of the molecule is O=C1NC(=O)/C(=C\c2ccnc(N3CCNCC3)n2)S1.[PoH2]. The van der Waals surface area contributed by atoms with Gasteiger partial charge in [0.15, 0.2) is 0 Å². The topological polar surface area (TPSA) is 87.2 Å². The molecule has 3 heterocycles. The number of thioether (sulfide) groups is 1. The molecule has 7 nitrogen and oxygen atoms in total. The van der Waals surface area contributed by atoms with Crippen molar-refractivity contribution < 1.29 is 9.59 Å². The maximum absolute atomic E-state index is 11.5. The Labute approximate surface area is 145 Å². The van der Waals surface area contributed by atoms with Crippen LogP contribution in [0.3, 0.4) is 0 Å². The van der Waals surface area contributed by atoms with E-state index in [9.17, 15) is 9.59 Å². The first-order valence-electron chi connectivity index (χ1n) is 6.26. The summed E-state index contributed by atoms with van der Waals surface area (Å²) in [6.45, 7) is 3.52. The van der Waals surface area contributed by atoms with Crippen molar-refractivity contribution in [2.24, 2.45) is 0 Å². The minimum absolute atomic E-state index is 0. The van der Waals surface area contributed by atoms with Crippen LogP contribution in [-0.2, 0) is 4.79 Å². The molecule has 21 heavy (non-hydrogen) atoms. The summed E-state index contributed by atoms with van der Waals surface area (Å²) in [5.74, 6) is 0.276. The number of anilines is 1. The van der Waals surface area contributed by atoms with Crippen LogP contribution in [0.1, 0.15) is 5.69 Å². The summed E-state index contributed by atoms with van der Waals surface area (Å²) in [4.78, 5) is 33.7. The quantitative estimate of drug-likeness (QED) is 0.518. The van der Waals surface area contributed by atoms with E-state index in [0.29, 0.717) is 16.5 Å². The molecule has 2 aliphatic rings. The van der Waals surface area contributed by atoms with Gasteiger partial charge in [0.2, 0.25) is 5.95 Å². The molecule has 1 aromatic rings. The molecule has 2 N–H and O–H groups in total. The van der Waals surface area contributed by atoms with Gasteiger partial charge in [0.1, 0.15) is 0 Å². The van der Waals surface area contributed by atoms with Gasteiger partial charge in [0, 0.05) is 32.4 Å². The van der Waals surface area contributed by atoms with E-state index in [4.69, 9.17) is 0 Å². The van der Waals surface area contributed by atoms with Gasteiger partial charge in [0.25, 0.3) is 11.1 Å². The first kappa shape index (κ1) is 16.3. The molecule has 0 saturated carbocycles. The molecule has 0 radical (unpaired) electrons. The number of hydrogen-bond acceptors (Lipinski definition) is 7. The zero-order valence-corrected chi connectivity index (χ0v) is 15.8. The predicted octanol–water partition coefficient (Wildman–Crippen LogP) is -0.706. The molecule has 1 aromatic heterocycles. The summed E-state index contributed by atoms with van der Waals surface area (Å²) < 4.78 is 0. The molecule has 0 unspecified atom stereocenters. The second-order valence-electron chi connectivity index (χ2n) is 4.37. The van der Waals surface area contributed by atoms with E-state index in [1.165, 1.54) is 0 Å². The van der Waals surface area contributed by atoms with Crippen LogP contribution in [0.5, 0.6) is 0 Å². The number of nitrogens with zero attached hydrogens (tertiary/aromatic N) is 3. The van der Waals surface area contributed by atoms with Crippen molar-refractivity contribution in [3.8, 4) is 0 Å². The van der Waals surface area contributed by atoms with Gasteiger partial charge in [0.05, 0.1) is 10.6 Å². The van der Waals surface area contributed by atoms with Crippen LogP contribution in [0.25, 0.3) is 6.08 Å². The third kappa shape index (κ3) is 4.00. The molecule has 2 amide bonds. The normalized spacial score (nSPS) is 20.4. The second kappa shape index (κ2) is 7.30. The number of hydrogen-bond donors (Lipinski definition) is 2. The molecule has 9 heteroatoms. The first-order chi connectivity index (χ1) is 9.72. The van der Waals surface area contributed by atoms with Gasteiger partial charge >= 0.3 is 26.6 Å². The molecule has 2 aliphatic heterocycles. The van der Waals surface area contributed by atoms with Crippen LogP contribution in [-0.4, -0.2) is 73.9 Å². The third-order valence-electron chi connectivity index (χ3n) is 2.99. The van der Waals surface area contributed by atoms with E-state index in [-0.39, 0.29) is 37.7 Å². The summed E-state index contributed by atoms with van der Waals surface area (Å²) in [5, 5.41) is 5.14. The molecule has 3 rings (SSSR count). The van der Waals surface area contributed by atoms with Gasteiger partial charge in [-0.05, 0) is 23.9 Å². The number of piperazine rings is 1.